The van der Waals surface area contributed by atoms with Gasteiger partial charge in [0.25, 0.3) is 5.91 Å². The molecule has 1 aromatic carbocycles. The second kappa shape index (κ2) is 7.13. The van der Waals surface area contributed by atoms with E-state index in [4.69, 9.17) is 10.5 Å². The molecule has 7 heteroatoms. The first-order valence-corrected chi connectivity index (χ1v) is 6.04. The van der Waals surface area contributed by atoms with Crippen molar-refractivity contribution >= 4 is 23.5 Å². The molecular formula is C13H16N2O5. The largest absolute Gasteiger partial charge is 0.493 e. The van der Waals surface area contributed by atoms with E-state index >= 15 is 0 Å². The standard InChI is InChI=1S/C13H16N2O5/c1-3-19-9-7-5-6-8(10(9)11(14)16)15-12(17)13(18)20-4-2/h5-7H,3-4H2,1-2H3,(H2,14,16)(H,15,17). The van der Waals surface area contributed by atoms with Gasteiger partial charge in [0.15, 0.2) is 0 Å². The van der Waals surface area contributed by atoms with Crippen LogP contribution in [0, 0.1) is 0 Å². The van der Waals surface area contributed by atoms with Gasteiger partial charge in [-0.15, -0.1) is 0 Å². The van der Waals surface area contributed by atoms with Gasteiger partial charge in [-0.1, -0.05) is 6.07 Å². The number of hydrogen-bond acceptors (Lipinski definition) is 5. The van der Waals surface area contributed by atoms with Crippen LogP contribution in [0.5, 0.6) is 5.75 Å². The third-order valence-electron chi connectivity index (χ3n) is 2.28. The molecule has 0 aromatic heterocycles. The van der Waals surface area contributed by atoms with Crippen LogP contribution < -0.4 is 15.8 Å². The molecule has 0 bridgehead atoms. The third kappa shape index (κ3) is 3.71. The highest BCUT2D eigenvalue weighted by Gasteiger charge is 2.20. The molecule has 0 saturated heterocycles. The number of carbonyl (C=O) groups excluding carboxylic acids is 3. The SMILES string of the molecule is CCOC(=O)C(=O)Nc1cccc(OCC)c1C(N)=O. The van der Waals surface area contributed by atoms with Crippen LogP contribution in [-0.2, 0) is 14.3 Å². The molecular weight excluding hydrogens is 264 g/mol. The number of anilines is 1. The van der Waals surface area contributed by atoms with Crippen LogP contribution in [-0.4, -0.2) is 31.0 Å². The smallest absolute Gasteiger partial charge is 0.397 e. The van der Waals surface area contributed by atoms with E-state index in [1.165, 1.54) is 6.07 Å². The lowest BCUT2D eigenvalue weighted by Crippen LogP contribution is -2.27. The molecule has 2 amide bonds. The molecule has 1 aromatic rings. The van der Waals surface area contributed by atoms with Gasteiger partial charge in [0.2, 0.25) is 0 Å². The van der Waals surface area contributed by atoms with E-state index < -0.39 is 17.8 Å². The van der Waals surface area contributed by atoms with Gasteiger partial charge >= 0.3 is 11.9 Å². The van der Waals surface area contributed by atoms with Crippen molar-refractivity contribution in [3.05, 3.63) is 23.8 Å². The van der Waals surface area contributed by atoms with Crippen LogP contribution in [0.1, 0.15) is 24.2 Å². The lowest BCUT2D eigenvalue weighted by atomic mass is 10.1. The molecule has 0 fully saturated rings. The quantitative estimate of drug-likeness (QED) is 0.609. The zero-order valence-electron chi connectivity index (χ0n) is 11.3. The second-order valence-corrected chi connectivity index (χ2v) is 3.65. The lowest BCUT2D eigenvalue weighted by molar-refractivity contribution is -0.152. The van der Waals surface area contributed by atoms with Gasteiger partial charge in [-0.3, -0.25) is 9.59 Å². The maximum Gasteiger partial charge on any atom is 0.397 e. The predicted molar refractivity (Wildman–Crippen MR) is 71.4 cm³/mol. The molecule has 20 heavy (non-hydrogen) atoms. The molecule has 0 aliphatic carbocycles. The normalized spacial score (nSPS) is 9.70. The maximum atomic E-state index is 11.6. The molecule has 0 aliphatic rings. The topological polar surface area (TPSA) is 108 Å². The summed E-state index contributed by atoms with van der Waals surface area (Å²) in [6.07, 6.45) is 0. The van der Waals surface area contributed by atoms with Crippen LogP contribution in [0.3, 0.4) is 0 Å². The first-order chi connectivity index (χ1) is 9.51. The predicted octanol–water partition coefficient (Wildman–Crippen LogP) is 0.686. The molecule has 7 nitrogen and oxygen atoms in total. The Morgan fingerprint density at radius 2 is 1.90 bits per heavy atom. The van der Waals surface area contributed by atoms with Gasteiger partial charge in [0.05, 0.1) is 18.9 Å². The summed E-state index contributed by atoms with van der Waals surface area (Å²) < 4.78 is 9.82. The highest BCUT2D eigenvalue weighted by molar-refractivity contribution is 6.37. The van der Waals surface area contributed by atoms with E-state index in [9.17, 15) is 14.4 Å². The highest BCUT2D eigenvalue weighted by atomic mass is 16.5. The summed E-state index contributed by atoms with van der Waals surface area (Å²) in [5, 5.41) is 2.28. The summed E-state index contributed by atoms with van der Waals surface area (Å²) >= 11 is 0. The zero-order valence-corrected chi connectivity index (χ0v) is 11.3. The summed E-state index contributed by atoms with van der Waals surface area (Å²) in [4.78, 5) is 34.3. The average Bonchev–Trinajstić information content (AvgIpc) is 2.39. The minimum absolute atomic E-state index is 0.00648. The Labute approximate surface area is 116 Å². The fourth-order valence-electron chi connectivity index (χ4n) is 1.54. The van der Waals surface area contributed by atoms with Crippen molar-refractivity contribution in [3.8, 4) is 5.75 Å². The number of nitrogens with one attached hydrogen (secondary N) is 1. The Hall–Kier alpha value is -2.57. The van der Waals surface area contributed by atoms with Crippen LogP contribution in [0.2, 0.25) is 0 Å². The Morgan fingerprint density at radius 1 is 1.20 bits per heavy atom. The van der Waals surface area contributed by atoms with Crippen LogP contribution >= 0.6 is 0 Å². The number of hydrogen-bond donors (Lipinski definition) is 2. The Morgan fingerprint density at radius 3 is 2.45 bits per heavy atom. The number of nitrogens with two attached hydrogens (primary N) is 1. The number of rotatable bonds is 5. The van der Waals surface area contributed by atoms with E-state index in [1.54, 1.807) is 26.0 Å². The molecule has 0 spiro atoms. The van der Waals surface area contributed by atoms with Crippen molar-refractivity contribution in [2.75, 3.05) is 18.5 Å². The van der Waals surface area contributed by atoms with Gasteiger partial charge in [-0.2, -0.15) is 0 Å². The monoisotopic (exact) mass is 280 g/mol. The second-order valence-electron chi connectivity index (χ2n) is 3.65. The summed E-state index contributed by atoms with van der Waals surface area (Å²) in [7, 11) is 0. The highest BCUT2D eigenvalue weighted by Crippen LogP contribution is 2.26. The molecule has 108 valence electrons. The number of amides is 2. The van der Waals surface area contributed by atoms with Crippen molar-refractivity contribution in [3.63, 3.8) is 0 Å². The van der Waals surface area contributed by atoms with E-state index in [0.717, 1.165) is 0 Å². The number of ether oxygens (including phenoxy) is 2. The van der Waals surface area contributed by atoms with Crippen LogP contribution in [0.4, 0.5) is 5.69 Å². The minimum Gasteiger partial charge on any atom is -0.493 e. The summed E-state index contributed by atoms with van der Waals surface area (Å²) in [5.74, 6) is -2.55. The van der Waals surface area contributed by atoms with Gasteiger partial charge < -0.3 is 20.5 Å². The molecule has 0 aliphatic heterocycles. The minimum atomic E-state index is -1.04. The van der Waals surface area contributed by atoms with Crippen LogP contribution in [0.25, 0.3) is 0 Å². The average molecular weight is 280 g/mol. The molecule has 3 N–H and O–H groups in total. The first kappa shape index (κ1) is 15.5. The lowest BCUT2D eigenvalue weighted by Gasteiger charge is -2.12. The fourth-order valence-corrected chi connectivity index (χ4v) is 1.54. The Kier molecular flexibility index (Phi) is 5.52. The number of benzene rings is 1. The van der Waals surface area contributed by atoms with E-state index in [1.807, 2.05) is 0 Å². The van der Waals surface area contributed by atoms with Crippen molar-refractivity contribution in [2.45, 2.75) is 13.8 Å². The van der Waals surface area contributed by atoms with Gasteiger partial charge in [-0.05, 0) is 26.0 Å². The molecule has 0 atom stereocenters. The number of esters is 1. The van der Waals surface area contributed by atoms with Gasteiger partial charge in [0, 0.05) is 0 Å². The van der Waals surface area contributed by atoms with Gasteiger partial charge in [0.1, 0.15) is 11.3 Å². The van der Waals surface area contributed by atoms with E-state index in [2.05, 4.69) is 10.1 Å². The maximum absolute atomic E-state index is 11.6. The molecule has 0 saturated carbocycles. The molecule has 0 radical (unpaired) electrons. The van der Waals surface area contributed by atoms with E-state index in [0.29, 0.717) is 6.61 Å². The summed E-state index contributed by atoms with van der Waals surface area (Å²) in [6, 6.07) is 4.56. The zero-order chi connectivity index (χ0) is 15.1. The van der Waals surface area contributed by atoms with Crippen molar-refractivity contribution < 1.29 is 23.9 Å². The summed E-state index contributed by atoms with van der Waals surface area (Å²) in [6.45, 7) is 3.73. The number of carbonyl (C=O) groups is 3. The Bertz CT molecular complexity index is 527. The van der Waals surface area contributed by atoms with Crippen LogP contribution in [0.15, 0.2) is 18.2 Å². The molecule has 0 unspecified atom stereocenters. The fraction of sp³-hybridized carbons (Fsp3) is 0.308. The van der Waals surface area contributed by atoms with Crippen molar-refractivity contribution in [2.24, 2.45) is 5.73 Å². The van der Waals surface area contributed by atoms with E-state index in [-0.39, 0.29) is 23.6 Å². The van der Waals surface area contributed by atoms with Gasteiger partial charge in [-0.25, -0.2) is 4.79 Å². The molecule has 0 heterocycles. The van der Waals surface area contributed by atoms with Crippen molar-refractivity contribution in [1.82, 2.24) is 0 Å². The third-order valence-corrected chi connectivity index (χ3v) is 2.28. The summed E-state index contributed by atoms with van der Waals surface area (Å²) in [5.41, 5.74) is 5.37. The Balaban J connectivity index is 3.05. The first-order valence-electron chi connectivity index (χ1n) is 6.04. The van der Waals surface area contributed by atoms with Crippen molar-refractivity contribution in [1.29, 1.82) is 0 Å². The molecule has 1 rings (SSSR count). The number of primary amides is 1.